The van der Waals surface area contributed by atoms with Gasteiger partial charge in [0.2, 0.25) is 15.9 Å². The van der Waals surface area contributed by atoms with Crippen LogP contribution in [-0.2, 0) is 26.1 Å². The second-order valence-corrected chi connectivity index (χ2v) is 10.7. The molecule has 8 heteroatoms. The van der Waals surface area contributed by atoms with Crippen molar-refractivity contribution in [3.05, 3.63) is 65.7 Å². The standard InChI is InChI=1S/C26H33N3O4S/c1-27(21-23-7-3-4-8-25(23)28-15-5-2-6-16-28)26(30)14-11-22-9-12-24(13-10-22)34(31,32)29-17-19-33-20-18-29/h3-4,7-14H,2,5-6,15-21H2,1H3. The van der Waals surface area contributed by atoms with Crippen LogP contribution in [0.15, 0.2) is 59.5 Å². The number of ether oxygens (including phenoxy) is 1. The van der Waals surface area contributed by atoms with Crippen LogP contribution in [0.3, 0.4) is 0 Å². The molecule has 0 unspecified atom stereocenters. The van der Waals surface area contributed by atoms with E-state index in [1.54, 1.807) is 42.3 Å². The predicted molar refractivity (Wildman–Crippen MR) is 134 cm³/mol. The van der Waals surface area contributed by atoms with Crippen LogP contribution in [0.1, 0.15) is 30.4 Å². The molecule has 2 aromatic rings. The third kappa shape index (κ3) is 5.87. The topological polar surface area (TPSA) is 70.2 Å². The van der Waals surface area contributed by atoms with Crippen molar-refractivity contribution < 1.29 is 17.9 Å². The summed E-state index contributed by atoms with van der Waals surface area (Å²) in [7, 11) is -1.72. The molecule has 0 spiro atoms. The summed E-state index contributed by atoms with van der Waals surface area (Å²) in [6.45, 7) is 4.22. The Hall–Kier alpha value is -2.68. The van der Waals surface area contributed by atoms with Crippen molar-refractivity contribution in [1.29, 1.82) is 0 Å². The number of hydrogen-bond donors (Lipinski definition) is 0. The molecule has 2 aliphatic heterocycles. The van der Waals surface area contributed by atoms with Crippen LogP contribution in [0, 0.1) is 0 Å². The zero-order valence-electron chi connectivity index (χ0n) is 19.7. The molecular formula is C26H33N3O4S. The van der Waals surface area contributed by atoms with E-state index >= 15 is 0 Å². The van der Waals surface area contributed by atoms with Crippen LogP contribution < -0.4 is 4.90 Å². The summed E-state index contributed by atoms with van der Waals surface area (Å²) < 4.78 is 32.2. The molecule has 0 radical (unpaired) electrons. The van der Waals surface area contributed by atoms with E-state index in [1.807, 2.05) is 6.07 Å². The molecular weight excluding hydrogens is 450 g/mol. The van der Waals surface area contributed by atoms with Gasteiger partial charge in [-0.1, -0.05) is 30.3 Å². The highest BCUT2D eigenvalue weighted by atomic mass is 32.2. The van der Waals surface area contributed by atoms with Crippen LogP contribution in [0.5, 0.6) is 0 Å². The summed E-state index contributed by atoms with van der Waals surface area (Å²) in [5, 5.41) is 0. The van der Waals surface area contributed by atoms with Gasteiger partial charge in [0, 0.05) is 51.5 Å². The molecule has 4 rings (SSSR count). The Morgan fingerprint density at radius 2 is 1.65 bits per heavy atom. The molecule has 2 aromatic carbocycles. The fourth-order valence-electron chi connectivity index (χ4n) is 4.40. The van der Waals surface area contributed by atoms with Crippen LogP contribution in [0.25, 0.3) is 6.08 Å². The fourth-order valence-corrected chi connectivity index (χ4v) is 5.81. The Morgan fingerprint density at radius 1 is 0.971 bits per heavy atom. The van der Waals surface area contributed by atoms with Crippen molar-refractivity contribution >= 4 is 27.7 Å². The van der Waals surface area contributed by atoms with Crippen molar-refractivity contribution in [3.8, 4) is 0 Å². The quantitative estimate of drug-likeness (QED) is 0.565. The van der Waals surface area contributed by atoms with Gasteiger partial charge in [-0.3, -0.25) is 4.79 Å². The number of anilines is 1. The Labute approximate surface area is 202 Å². The minimum atomic E-state index is -3.52. The van der Waals surface area contributed by atoms with E-state index in [1.165, 1.54) is 35.3 Å². The van der Waals surface area contributed by atoms with Crippen molar-refractivity contribution in [2.75, 3.05) is 51.3 Å². The first-order valence-electron chi connectivity index (χ1n) is 11.9. The van der Waals surface area contributed by atoms with Crippen LogP contribution >= 0.6 is 0 Å². The summed E-state index contributed by atoms with van der Waals surface area (Å²) in [6.07, 6.45) is 6.95. The molecule has 0 atom stereocenters. The fraction of sp³-hybridized carbons (Fsp3) is 0.423. The van der Waals surface area contributed by atoms with Gasteiger partial charge in [-0.05, 0) is 54.7 Å². The summed E-state index contributed by atoms with van der Waals surface area (Å²) >= 11 is 0. The molecule has 0 aromatic heterocycles. The Balaban J connectivity index is 1.38. The zero-order valence-corrected chi connectivity index (χ0v) is 20.5. The average Bonchev–Trinajstić information content (AvgIpc) is 2.89. The van der Waals surface area contributed by atoms with Gasteiger partial charge in [0.05, 0.1) is 18.1 Å². The molecule has 0 aliphatic carbocycles. The van der Waals surface area contributed by atoms with Gasteiger partial charge in [0.25, 0.3) is 0 Å². The van der Waals surface area contributed by atoms with E-state index in [4.69, 9.17) is 4.74 Å². The third-order valence-corrected chi connectivity index (χ3v) is 8.29. The van der Waals surface area contributed by atoms with Crippen molar-refractivity contribution in [1.82, 2.24) is 9.21 Å². The highest BCUT2D eigenvalue weighted by Crippen LogP contribution is 2.25. The van der Waals surface area contributed by atoms with Gasteiger partial charge in [0.15, 0.2) is 0 Å². The minimum Gasteiger partial charge on any atom is -0.379 e. The molecule has 2 aliphatic rings. The number of rotatable bonds is 7. The Morgan fingerprint density at radius 3 is 2.35 bits per heavy atom. The maximum Gasteiger partial charge on any atom is 0.246 e. The molecule has 34 heavy (non-hydrogen) atoms. The van der Waals surface area contributed by atoms with Crippen molar-refractivity contribution in [2.24, 2.45) is 0 Å². The van der Waals surface area contributed by atoms with Gasteiger partial charge in [-0.25, -0.2) is 8.42 Å². The summed E-state index contributed by atoms with van der Waals surface area (Å²) in [5.74, 6) is -0.0986. The zero-order chi connectivity index (χ0) is 24.0. The lowest BCUT2D eigenvalue weighted by Crippen LogP contribution is -2.40. The number of amides is 1. The second kappa shape index (κ2) is 11.2. The summed E-state index contributed by atoms with van der Waals surface area (Å²) in [5.41, 5.74) is 3.13. The lowest BCUT2D eigenvalue weighted by molar-refractivity contribution is -0.125. The molecule has 0 bridgehead atoms. The molecule has 2 saturated heterocycles. The SMILES string of the molecule is CN(Cc1ccccc1N1CCCCC1)C(=O)C=Cc1ccc(S(=O)(=O)N2CCOCC2)cc1. The van der Waals surface area contributed by atoms with E-state index in [0.717, 1.165) is 24.2 Å². The van der Waals surface area contributed by atoms with E-state index in [9.17, 15) is 13.2 Å². The smallest absolute Gasteiger partial charge is 0.246 e. The maximum atomic E-state index is 12.8. The van der Waals surface area contributed by atoms with E-state index in [2.05, 4.69) is 23.1 Å². The number of hydrogen-bond acceptors (Lipinski definition) is 5. The first-order valence-corrected chi connectivity index (χ1v) is 13.3. The maximum absolute atomic E-state index is 12.8. The Kier molecular flexibility index (Phi) is 8.03. The molecule has 2 fully saturated rings. The van der Waals surface area contributed by atoms with E-state index in [0.29, 0.717) is 32.8 Å². The van der Waals surface area contributed by atoms with Gasteiger partial charge in [-0.2, -0.15) is 4.31 Å². The van der Waals surface area contributed by atoms with Crippen molar-refractivity contribution in [2.45, 2.75) is 30.7 Å². The normalized spacial score (nSPS) is 17.7. The number of morpholine rings is 1. The third-order valence-electron chi connectivity index (χ3n) is 6.38. The number of para-hydroxylation sites is 1. The molecule has 0 saturated carbocycles. The number of sulfonamides is 1. The largest absolute Gasteiger partial charge is 0.379 e. The number of likely N-dealkylation sites (N-methyl/N-ethyl adjacent to an activating group) is 1. The summed E-state index contributed by atoms with van der Waals surface area (Å²) in [4.78, 5) is 17.1. The van der Waals surface area contributed by atoms with Gasteiger partial charge in [-0.15, -0.1) is 0 Å². The monoisotopic (exact) mass is 483 g/mol. The first kappa shape index (κ1) is 24.4. The molecule has 7 nitrogen and oxygen atoms in total. The highest BCUT2D eigenvalue weighted by Gasteiger charge is 2.26. The Bertz CT molecular complexity index is 1100. The highest BCUT2D eigenvalue weighted by molar-refractivity contribution is 7.89. The van der Waals surface area contributed by atoms with Crippen LogP contribution in [0.2, 0.25) is 0 Å². The van der Waals surface area contributed by atoms with E-state index < -0.39 is 10.0 Å². The van der Waals surface area contributed by atoms with Crippen molar-refractivity contribution in [3.63, 3.8) is 0 Å². The molecule has 1 amide bonds. The first-order chi connectivity index (χ1) is 16.4. The number of benzene rings is 2. The number of carbonyl (C=O) groups is 1. The molecule has 182 valence electrons. The van der Waals surface area contributed by atoms with E-state index in [-0.39, 0.29) is 10.8 Å². The predicted octanol–water partition coefficient (Wildman–Crippen LogP) is 3.37. The van der Waals surface area contributed by atoms with Gasteiger partial charge >= 0.3 is 0 Å². The molecule has 2 heterocycles. The van der Waals surface area contributed by atoms with Gasteiger partial charge < -0.3 is 14.5 Å². The lowest BCUT2D eigenvalue weighted by atomic mass is 10.1. The lowest BCUT2D eigenvalue weighted by Gasteiger charge is -2.31. The molecule has 0 N–H and O–H groups in total. The van der Waals surface area contributed by atoms with Crippen LogP contribution in [0.4, 0.5) is 5.69 Å². The van der Waals surface area contributed by atoms with Crippen LogP contribution in [-0.4, -0.2) is 70.0 Å². The number of piperidine rings is 1. The summed E-state index contributed by atoms with van der Waals surface area (Å²) in [6, 6.07) is 14.9. The van der Waals surface area contributed by atoms with Gasteiger partial charge in [0.1, 0.15) is 0 Å². The second-order valence-electron chi connectivity index (χ2n) is 8.79. The number of carbonyl (C=O) groups excluding carboxylic acids is 1. The average molecular weight is 484 g/mol. The minimum absolute atomic E-state index is 0.0986. The number of nitrogens with zero attached hydrogens (tertiary/aromatic N) is 3.